The first-order chi connectivity index (χ1) is 10.5. The number of hydrogen-bond donors (Lipinski definition) is 2. The molecule has 2 aromatic heterocycles. The Morgan fingerprint density at radius 1 is 1.09 bits per heavy atom. The summed E-state index contributed by atoms with van der Waals surface area (Å²) in [6, 6.07) is 3.43. The number of hydrogen-bond acceptors (Lipinski definition) is 5. The van der Waals surface area contributed by atoms with Gasteiger partial charge < -0.3 is 11.5 Å². The van der Waals surface area contributed by atoms with E-state index in [0.717, 1.165) is 16.8 Å². The molecule has 0 saturated carbocycles. The molecule has 6 heteroatoms. The molecule has 0 aliphatic heterocycles. The van der Waals surface area contributed by atoms with Crippen molar-refractivity contribution in [1.82, 2.24) is 15.0 Å². The molecular weight excluding hydrogens is 278 g/mol. The van der Waals surface area contributed by atoms with Gasteiger partial charge in [0.2, 0.25) is 0 Å². The average molecular weight is 293 g/mol. The number of carbonyl (C=O) groups is 1. The molecule has 0 radical (unpaired) electrons. The molecule has 1 aromatic carbocycles. The monoisotopic (exact) mass is 293 g/mol. The number of nitrogen functional groups attached to an aromatic ring is 1. The normalized spacial score (nSPS) is 10.8. The molecule has 0 spiro atoms. The summed E-state index contributed by atoms with van der Waals surface area (Å²) in [7, 11) is 0. The van der Waals surface area contributed by atoms with Gasteiger partial charge in [-0.3, -0.25) is 19.7 Å². The first-order valence-corrected chi connectivity index (χ1v) is 6.76. The van der Waals surface area contributed by atoms with Gasteiger partial charge >= 0.3 is 0 Å². The van der Waals surface area contributed by atoms with Crippen LogP contribution in [0.4, 0.5) is 5.69 Å². The van der Waals surface area contributed by atoms with Crippen LogP contribution >= 0.6 is 0 Å². The van der Waals surface area contributed by atoms with Crippen molar-refractivity contribution in [2.45, 2.75) is 13.8 Å². The zero-order chi connectivity index (χ0) is 15.9. The highest BCUT2D eigenvalue weighted by Crippen LogP contribution is 2.36. The molecule has 0 fully saturated rings. The van der Waals surface area contributed by atoms with Crippen LogP contribution in [0.1, 0.15) is 21.6 Å². The minimum Gasteiger partial charge on any atom is -0.398 e. The molecule has 3 aromatic rings. The summed E-state index contributed by atoms with van der Waals surface area (Å²) in [5.74, 6) is -0.588. The zero-order valence-electron chi connectivity index (χ0n) is 12.3. The van der Waals surface area contributed by atoms with E-state index in [1.54, 1.807) is 24.7 Å². The minimum absolute atomic E-state index is 0.247. The van der Waals surface area contributed by atoms with Crippen LogP contribution in [0.2, 0.25) is 0 Å². The predicted molar refractivity (Wildman–Crippen MR) is 85.2 cm³/mol. The number of benzene rings is 1. The van der Waals surface area contributed by atoms with Crippen molar-refractivity contribution in [2.24, 2.45) is 5.73 Å². The Labute approximate surface area is 127 Å². The van der Waals surface area contributed by atoms with Crippen LogP contribution in [0, 0.1) is 13.8 Å². The highest BCUT2D eigenvalue weighted by atomic mass is 16.1. The molecule has 3 rings (SSSR count). The van der Waals surface area contributed by atoms with Crippen molar-refractivity contribution >= 4 is 22.6 Å². The van der Waals surface area contributed by atoms with Crippen LogP contribution < -0.4 is 11.5 Å². The van der Waals surface area contributed by atoms with E-state index < -0.39 is 5.91 Å². The van der Waals surface area contributed by atoms with Crippen LogP contribution in [-0.2, 0) is 0 Å². The number of fused-ring (bicyclic) bond motifs is 1. The molecular formula is C16H15N5O. The standard InChI is InChI=1S/C16H15N5O/c1-8-9(2)19-4-3-10(8)13-14(17)11(16(18)22)7-12-15(13)21-6-5-20-12/h3-7H,17H2,1-2H3,(H2,18,22). The van der Waals surface area contributed by atoms with Crippen LogP contribution in [0.25, 0.3) is 22.2 Å². The third kappa shape index (κ3) is 2.05. The number of rotatable bonds is 2. The number of amides is 1. The second-order valence-electron chi connectivity index (χ2n) is 5.07. The quantitative estimate of drug-likeness (QED) is 0.702. The summed E-state index contributed by atoms with van der Waals surface area (Å²) in [6.45, 7) is 3.87. The molecule has 0 aliphatic carbocycles. The molecule has 110 valence electrons. The number of carbonyl (C=O) groups excluding carboxylic acids is 1. The summed E-state index contributed by atoms with van der Waals surface area (Å²) < 4.78 is 0. The molecule has 0 unspecified atom stereocenters. The van der Waals surface area contributed by atoms with Gasteiger partial charge in [-0.15, -0.1) is 0 Å². The fourth-order valence-electron chi connectivity index (χ4n) is 2.51. The molecule has 22 heavy (non-hydrogen) atoms. The first kappa shape index (κ1) is 13.9. The minimum atomic E-state index is -0.588. The molecule has 0 aliphatic rings. The summed E-state index contributed by atoms with van der Waals surface area (Å²) in [5, 5.41) is 0. The lowest BCUT2D eigenvalue weighted by Gasteiger charge is -2.15. The molecule has 4 N–H and O–H groups in total. The van der Waals surface area contributed by atoms with E-state index in [9.17, 15) is 4.79 Å². The topological polar surface area (TPSA) is 108 Å². The van der Waals surface area contributed by atoms with Crippen molar-refractivity contribution in [3.05, 3.63) is 47.5 Å². The number of primary amides is 1. The summed E-state index contributed by atoms with van der Waals surface area (Å²) in [4.78, 5) is 24.6. The molecule has 0 saturated heterocycles. The van der Waals surface area contributed by atoms with Gasteiger partial charge in [0.15, 0.2) is 0 Å². The van der Waals surface area contributed by atoms with Crippen LogP contribution in [0.3, 0.4) is 0 Å². The van der Waals surface area contributed by atoms with Gasteiger partial charge in [0.25, 0.3) is 5.91 Å². The van der Waals surface area contributed by atoms with Gasteiger partial charge in [0.1, 0.15) is 0 Å². The van der Waals surface area contributed by atoms with Gasteiger partial charge in [0.05, 0.1) is 22.3 Å². The fraction of sp³-hybridized carbons (Fsp3) is 0.125. The van der Waals surface area contributed by atoms with Crippen molar-refractivity contribution in [1.29, 1.82) is 0 Å². The average Bonchev–Trinajstić information content (AvgIpc) is 2.50. The van der Waals surface area contributed by atoms with Crippen LogP contribution in [0.5, 0.6) is 0 Å². The molecule has 1 amide bonds. The second-order valence-corrected chi connectivity index (χ2v) is 5.07. The lowest BCUT2D eigenvalue weighted by Crippen LogP contribution is -2.15. The Bertz CT molecular complexity index is 904. The highest BCUT2D eigenvalue weighted by Gasteiger charge is 2.19. The Morgan fingerprint density at radius 2 is 1.82 bits per heavy atom. The van der Waals surface area contributed by atoms with Gasteiger partial charge in [-0.1, -0.05) is 0 Å². The first-order valence-electron chi connectivity index (χ1n) is 6.76. The second kappa shape index (κ2) is 5.07. The Kier molecular flexibility index (Phi) is 3.21. The Morgan fingerprint density at radius 3 is 2.55 bits per heavy atom. The largest absolute Gasteiger partial charge is 0.398 e. The molecule has 0 atom stereocenters. The summed E-state index contributed by atoms with van der Waals surface area (Å²) >= 11 is 0. The predicted octanol–water partition coefficient (Wildman–Crippen LogP) is 1.99. The van der Waals surface area contributed by atoms with Crippen molar-refractivity contribution < 1.29 is 4.79 Å². The smallest absolute Gasteiger partial charge is 0.250 e. The number of aromatic nitrogens is 3. The van der Waals surface area contributed by atoms with Crippen molar-refractivity contribution in [3.8, 4) is 11.1 Å². The van der Waals surface area contributed by atoms with Gasteiger partial charge in [0, 0.05) is 29.8 Å². The molecule has 6 nitrogen and oxygen atoms in total. The lowest BCUT2D eigenvalue weighted by atomic mass is 9.94. The number of nitrogens with zero attached hydrogens (tertiary/aromatic N) is 3. The van der Waals surface area contributed by atoms with E-state index in [0.29, 0.717) is 22.3 Å². The van der Waals surface area contributed by atoms with Crippen LogP contribution in [0.15, 0.2) is 30.7 Å². The van der Waals surface area contributed by atoms with Gasteiger partial charge in [-0.05, 0) is 37.1 Å². The van der Waals surface area contributed by atoms with E-state index >= 15 is 0 Å². The molecule has 2 heterocycles. The maximum Gasteiger partial charge on any atom is 0.250 e. The third-order valence-corrected chi connectivity index (χ3v) is 3.79. The summed E-state index contributed by atoms with van der Waals surface area (Å²) in [5.41, 5.74) is 16.8. The van der Waals surface area contributed by atoms with Crippen molar-refractivity contribution in [2.75, 3.05) is 5.73 Å². The van der Waals surface area contributed by atoms with Gasteiger partial charge in [-0.25, -0.2) is 0 Å². The summed E-state index contributed by atoms with van der Waals surface area (Å²) in [6.07, 6.45) is 4.87. The zero-order valence-corrected chi connectivity index (χ0v) is 12.3. The number of pyridine rings is 1. The van der Waals surface area contributed by atoms with E-state index in [-0.39, 0.29) is 5.56 Å². The third-order valence-electron chi connectivity index (χ3n) is 3.79. The molecule has 0 bridgehead atoms. The highest BCUT2D eigenvalue weighted by molar-refractivity contribution is 6.09. The fourth-order valence-corrected chi connectivity index (χ4v) is 2.51. The SMILES string of the molecule is Cc1nccc(-c2c(N)c(C(N)=O)cc3nccnc23)c1C. The lowest BCUT2D eigenvalue weighted by molar-refractivity contribution is 0.100. The number of aryl methyl sites for hydroxylation is 1. The van der Waals surface area contributed by atoms with E-state index in [1.165, 1.54) is 0 Å². The van der Waals surface area contributed by atoms with E-state index in [2.05, 4.69) is 15.0 Å². The Hall–Kier alpha value is -3.02. The maximum atomic E-state index is 11.7. The van der Waals surface area contributed by atoms with Crippen molar-refractivity contribution in [3.63, 3.8) is 0 Å². The van der Waals surface area contributed by atoms with Crippen LogP contribution in [-0.4, -0.2) is 20.9 Å². The maximum absolute atomic E-state index is 11.7. The number of anilines is 1. The Balaban J connectivity index is 2.49. The van der Waals surface area contributed by atoms with E-state index in [1.807, 2.05) is 19.9 Å². The van der Waals surface area contributed by atoms with Gasteiger partial charge in [-0.2, -0.15) is 0 Å². The number of nitrogens with two attached hydrogens (primary N) is 2. The van der Waals surface area contributed by atoms with E-state index in [4.69, 9.17) is 11.5 Å².